The lowest BCUT2D eigenvalue weighted by atomic mass is 9.96. The van der Waals surface area contributed by atoms with Gasteiger partial charge in [-0.05, 0) is 54.7 Å². The Labute approximate surface area is 179 Å². The molecule has 31 heavy (non-hydrogen) atoms. The summed E-state index contributed by atoms with van der Waals surface area (Å²) in [6.45, 7) is 4.23. The maximum atomic E-state index is 12.1. The number of carbonyl (C=O) groups is 1. The van der Waals surface area contributed by atoms with Crippen LogP contribution in [-0.2, 0) is 11.2 Å². The van der Waals surface area contributed by atoms with Gasteiger partial charge in [-0.25, -0.2) is 10.8 Å². The molecule has 0 unspecified atom stereocenters. The number of nitrogens with zero attached hydrogens (tertiary/aromatic N) is 1. The van der Waals surface area contributed by atoms with E-state index in [1.807, 2.05) is 44.2 Å². The molecule has 0 radical (unpaired) electrons. The number of carboxylic acids is 1. The van der Waals surface area contributed by atoms with Crippen LogP contribution in [-0.4, -0.2) is 27.7 Å². The molecule has 0 saturated carbocycles. The Kier molecular flexibility index (Phi) is 6.56. The minimum absolute atomic E-state index is 0.0705. The predicted molar refractivity (Wildman–Crippen MR) is 120 cm³/mol. The first-order valence-corrected chi connectivity index (χ1v) is 9.79. The van der Waals surface area contributed by atoms with E-state index in [1.165, 1.54) is 0 Å². The van der Waals surface area contributed by atoms with Crippen molar-refractivity contribution < 1.29 is 14.6 Å². The molecule has 3 aromatic rings. The zero-order valence-electron chi connectivity index (χ0n) is 17.4. The van der Waals surface area contributed by atoms with Crippen LogP contribution in [0.1, 0.15) is 24.5 Å². The van der Waals surface area contributed by atoms with Crippen molar-refractivity contribution in [2.75, 3.05) is 17.8 Å². The minimum atomic E-state index is -0.830. The van der Waals surface area contributed by atoms with E-state index < -0.39 is 11.5 Å². The molecule has 0 fully saturated rings. The minimum Gasteiger partial charge on any atom is -0.493 e. The van der Waals surface area contributed by atoms with Crippen molar-refractivity contribution in [1.82, 2.24) is 9.97 Å². The highest BCUT2D eigenvalue weighted by molar-refractivity contribution is 5.75. The van der Waals surface area contributed by atoms with Gasteiger partial charge in [-0.15, -0.1) is 0 Å². The lowest BCUT2D eigenvalue weighted by Gasteiger charge is -2.14. The fraction of sp³-hybridized carbons (Fsp3) is 0.227. The summed E-state index contributed by atoms with van der Waals surface area (Å²) in [5.41, 5.74) is 11.8. The number of carboxylic acid groups (broad SMARTS) is 1. The van der Waals surface area contributed by atoms with Gasteiger partial charge in [0.05, 0.1) is 12.2 Å². The van der Waals surface area contributed by atoms with Crippen molar-refractivity contribution in [3.05, 3.63) is 57.9 Å². The number of nitrogens with two attached hydrogens (primary N) is 2. The number of aryl methyl sites for hydroxylation is 2. The van der Waals surface area contributed by atoms with Gasteiger partial charge in [-0.3, -0.25) is 9.59 Å². The number of nitrogen functional groups attached to an aromatic ring is 2. The topological polar surface area (TPSA) is 156 Å². The van der Waals surface area contributed by atoms with Gasteiger partial charge in [0.2, 0.25) is 0 Å². The van der Waals surface area contributed by atoms with E-state index in [4.69, 9.17) is 21.4 Å². The van der Waals surface area contributed by atoms with Gasteiger partial charge in [0, 0.05) is 6.42 Å². The molecule has 1 heterocycles. The highest BCUT2D eigenvalue weighted by atomic mass is 16.5. The standard InChI is InChI=1S/C22H25N5O4/c1-3-31-17-11-15(14-5-4-12(2)13(10-14)7-9-18(28)29)6-8-16(17)20-25-21(27-24)19(23)22(30)26-20/h4-6,8,10-11H,3,7,9,23-24H2,1-2H3,(H,28,29)(H2,25,26,27,30). The molecule has 3 rings (SSSR count). The first kappa shape index (κ1) is 21.8. The summed E-state index contributed by atoms with van der Waals surface area (Å²) >= 11 is 0. The molecule has 0 atom stereocenters. The molecular formula is C22H25N5O4. The maximum absolute atomic E-state index is 12.1. The molecule has 0 aliphatic carbocycles. The summed E-state index contributed by atoms with van der Waals surface area (Å²) in [5.74, 6) is 5.47. The van der Waals surface area contributed by atoms with Crippen LogP contribution < -0.4 is 27.3 Å². The second kappa shape index (κ2) is 9.31. The van der Waals surface area contributed by atoms with Gasteiger partial charge in [-0.2, -0.15) is 0 Å². The van der Waals surface area contributed by atoms with E-state index in [-0.39, 0.29) is 23.8 Å². The first-order valence-electron chi connectivity index (χ1n) is 9.79. The van der Waals surface area contributed by atoms with Crippen molar-refractivity contribution in [2.45, 2.75) is 26.7 Å². The monoisotopic (exact) mass is 423 g/mol. The maximum Gasteiger partial charge on any atom is 0.303 e. The van der Waals surface area contributed by atoms with Crippen LogP contribution in [0.3, 0.4) is 0 Å². The molecule has 0 amide bonds. The second-order valence-electron chi connectivity index (χ2n) is 7.00. The molecule has 1 aromatic heterocycles. The number of benzene rings is 2. The molecule has 0 aliphatic heterocycles. The van der Waals surface area contributed by atoms with E-state index in [1.54, 1.807) is 6.07 Å². The van der Waals surface area contributed by atoms with Gasteiger partial charge in [0.1, 0.15) is 17.3 Å². The number of hydrazine groups is 1. The molecule has 2 aromatic carbocycles. The summed E-state index contributed by atoms with van der Waals surface area (Å²) in [6, 6.07) is 11.5. The molecule has 9 nitrogen and oxygen atoms in total. The highest BCUT2D eigenvalue weighted by Gasteiger charge is 2.15. The molecule has 9 heteroatoms. The van der Waals surface area contributed by atoms with E-state index in [0.717, 1.165) is 22.3 Å². The van der Waals surface area contributed by atoms with Crippen molar-refractivity contribution in [1.29, 1.82) is 0 Å². The summed E-state index contributed by atoms with van der Waals surface area (Å²) in [7, 11) is 0. The number of H-pyrrole nitrogens is 1. The normalized spacial score (nSPS) is 10.7. The van der Waals surface area contributed by atoms with Crippen LogP contribution in [0.15, 0.2) is 41.2 Å². The van der Waals surface area contributed by atoms with Crippen LogP contribution in [0.5, 0.6) is 5.75 Å². The van der Waals surface area contributed by atoms with Crippen molar-refractivity contribution in [3.8, 4) is 28.3 Å². The van der Waals surface area contributed by atoms with Crippen molar-refractivity contribution >= 4 is 17.5 Å². The molecule has 0 bridgehead atoms. The number of aromatic nitrogens is 2. The Hall–Kier alpha value is -3.85. The number of rotatable bonds is 8. The third kappa shape index (κ3) is 4.84. The molecule has 7 N–H and O–H groups in total. The van der Waals surface area contributed by atoms with Crippen molar-refractivity contribution in [3.63, 3.8) is 0 Å². The molecular weight excluding hydrogens is 398 g/mol. The Balaban J connectivity index is 2.06. The van der Waals surface area contributed by atoms with E-state index in [0.29, 0.717) is 24.3 Å². The summed E-state index contributed by atoms with van der Waals surface area (Å²) in [6.07, 6.45) is 0.526. The summed E-state index contributed by atoms with van der Waals surface area (Å²) < 4.78 is 5.81. The quantitative estimate of drug-likeness (QED) is 0.273. The van der Waals surface area contributed by atoms with Gasteiger partial charge in [-0.1, -0.05) is 24.3 Å². The fourth-order valence-electron chi connectivity index (χ4n) is 3.25. The fourth-order valence-corrected chi connectivity index (χ4v) is 3.25. The van der Waals surface area contributed by atoms with E-state index in [2.05, 4.69) is 15.4 Å². The number of ether oxygens (including phenoxy) is 1. The Bertz CT molecular complexity index is 1170. The van der Waals surface area contributed by atoms with Gasteiger partial charge in [0.25, 0.3) is 5.56 Å². The average molecular weight is 423 g/mol. The van der Waals surface area contributed by atoms with Crippen LogP contribution in [0.4, 0.5) is 11.5 Å². The smallest absolute Gasteiger partial charge is 0.303 e. The second-order valence-corrected chi connectivity index (χ2v) is 7.00. The van der Waals surface area contributed by atoms with Gasteiger partial charge in [0.15, 0.2) is 5.82 Å². The molecule has 162 valence electrons. The largest absolute Gasteiger partial charge is 0.493 e. The first-order chi connectivity index (χ1) is 14.8. The number of aromatic amines is 1. The van der Waals surface area contributed by atoms with Crippen LogP contribution in [0, 0.1) is 6.92 Å². The van der Waals surface area contributed by atoms with Crippen LogP contribution >= 0.6 is 0 Å². The lowest BCUT2D eigenvalue weighted by Crippen LogP contribution is -2.20. The number of hydrogen-bond acceptors (Lipinski definition) is 7. The lowest BCUT2D eigenvalue weighted by molar-refractivity contribution is -0.136. The highest BCUT2D eigenvalue weighted by Crippen LogP contribution is 2.34. The predicted octanol–water partition coefficient (Wildman–Crippen LogP) is 2.70. The molecule has 0 saturated heterocycles. The van der Waals surface area contributed by atoms with Crippen LogP contribution in [0.2, 0.25) is 0 Å². The van der Waals surface area contributed by atoms with Gasteiger partial charge < -0.3 is 26.0 Å². The van der Waals surface area contributed by atoms with Crippen LogP contribution in [0.25, 0.3) is 22.5 Å². The zero-order valence-corrected chi connectivity index (χ0v) is 17.4. The van der Waals surface area contributed by atoms with E-state index in [9.17, 15) is 9.59 Å². The number of hydrogen-bond donors (Lipinski definition) is 5. The Morgan fingerprint density at radius 2 is 1.94 bits per heavy atom. The SMILES string of the molecule is CCOc1cc(-c2ccc(C)c(CCC(=O)O)c2)ccc1-c1nc(NN)c(N)c(=O)[nH]1. The van der Waals surface area contributed by atoms with Gasteiger partial charge >= 0.3 is 5.97 Å². The summed E-state index contributed by atoms with van der Waals surface area (Å²) in [5, 5.41) is 8.99. The van der Waals surface area contributed by atoms with E-state index >= 15 is 0 Å². The molecule has 0 spiro atoms. The average Bonchev–Trinajstić information content (AvgIpc) is 2.75. The third-order valence-electron chi connectivity index (χ3n) is 4.92. The van der Waals surface area contributed by atoms with Crippen molar-refractivity contribution in [2.24, 2.45) is 5.84 Å². The number of aliphatic carboxylic acids is 1. The Morgan fingerprint density at radius 3 is 2.61 bits per heavy atom. The molecule has 0 aliphatic rings. The number of anilines is 2. The zero-order chi connectivity index (χ0) is 22.5. The summed E-state index contributed by atoms with van der Waals surface area (Å²) in [4.78, 5) is 30.0. The number of nitrogens with one attached hydrogen (secondary N) is 2. The Morgan fingerprint density at radius 1 is 1.23 bits per heavy atom. The third-order valence-corrected chi connectivity index (χ3v) is 4.92.